The Labute approximate surface area is 108 Å². The van der Waals surface area contributed by atoms with Crippen molar-refractivity contribution >= 4 is 0 Å². The van der Waals surface area contributed by atoms with Crippen LogP contribution in [0, 0.1) is 5.92 Å². The second-order valence-corrected chi connectivity index (χ2v) is 5.52. The maximum Gasteiger partial charge on any atom is 0.0221 e. The highest BCUT2D eigenvalue weighted by atomic mass is 15.2. The summed E-state index contributed by atoms with van der Waals surface area (Å²) >= 11 is 0. The number of unbranched alkanes of at least 4 members (excludes halogenated alkanes) is 1. The highest BCUT2D eigenvalue weighted by molar-refractivity contribution is 4.82. The van der Waals surface area contributed by atoms with Crippen LogP contribution in [-0.2, 0) is 0 Å². The van der Waals surface area contributed by atoms with E-state index in [1.807, 2.05) is 0 Å². The number of nitrogens with one attached hydrogen (secondary N) is 1. The third-order valence-electron chi connectivity index (χ3n) is 4.17. The fraction of sp³-hybridized carbons (Fsp3) is 1.00. The first-order valence-corrected chi connectivity index (χ1v) is 7.76. The minimum atomic E-state index is 0.811. The van der Waals surface area contributed by atoms with Gasteiger partial charge in [0.15, 0.2) is 0 Å². The minimum Gasteiger partial charge on any atom is -0.315 e. The van der Waals surface area contributed by atoms with E-state index in [0.717, 1.165) is 18.5 Å². The fourth-order valence-corrected chi connectivity index (χ4v) is 2.93. The van der Waals surface area contributed by atoms with E-state index in [0.29, 0.717) is 0 Å². The van der Waals surface area contributed by atoms with Gasteiger partial charge in [-0.3, -0.25) is 4.90 Å². The van der Waals surface area contributed by atoms with Crippen LogP contribution in [0.5, 0.6) is 0 Å². The number of likely N-dealkylation sites (tertiary alicyclic amines) is 1. The Hall–Kier alpha value is -0.0800. The molecule has 1 aliphatic rings. The summed E-state index contributed by atoms with van der Waals surface area (Å²) in [6.45, 7) is 11.8. The molecule has 0 aromatic carbocycles. The van der Waals surface area contributed by atoms with Gasteiger partial charge in [0.05, 0.1) is 0 Å². The van der Waals surface area contributed by atoms with Crippen LogP contribution in [0.3, 0.4) is 0 Å². The van der Waals surface area contributed by atoms with Gasteiger partial charge in [-0.25, -0.2) is 0 Å². The second kappa shape index (κ2) is 8.93. The molecular formula is C15H32N2. The van der Waals surface area contributed by atoms with Crippen molar-refractivity contribution in [2.45, 2.75) is 65.3 Å². The first kappa shape index (κ1) is 15.0. The molecule has 0 spiro atoms. The lowest BCUT2D eigenvalue weighted by molar-refractivity contribution is 0.200. The Morgan fingerprint density at radius 2 is 2.12 bits per heavy atom. The largest absolute Gasteiger partial charge is 0.315 e. The molecule has 1 heterocycles. The first-order chi connectivity index (χ1) is 8.31. The van der Waals surface area contributed by atoms with Crippen molar-refractivity contribution in [2.75, 3.05) is 26.2 Å². The lowest BCUT2D eigenvalue weighted by atomic mass is 9.98. The molecule has 0 saturated carbocycles. The lowest BCUT2D eigenvalue weighted by Gasteiger charge is -2.28. The summed E-state index contributed by atoms with van der Waals surface area (Å²) in [7, 11) is 0. The third-order valence-corrected chi connectivity index (χ3v) is 4.17. The van der Waals surface area contributed by atoms with Gasteiger partial charge < -0.3 is 5.32 Å². The Morgan fingerprint density at radius 3 is 2.76 bits per heavy atom. The van der Waals surface area contributed by atoms with E-state index in [-0.39, 0.29) is 0 Å². The van der Waals surface area contributed by atoms with Crippen molar-refractivity contribution in [1.29, 1.82) is 0 Å². The van der Waals surface area contributed by atoms with Crippen molar-refractivity contribution in [3.05, 3.63) is 0 Å². The van der Waals surface area contributed by atoms with E-state index in [1.165, 1.54) is 58.2 Å². The smallest absolute Gasteiger partial charge is 0.0221 e. The Balaban J connectivity index is 2.31. The van der Waals surface area contributed by atoms with Gasteiger partial charge in [0, 0.05) is 19.1 Å². The molecule has 1 aliphatic heterocycles. The van der Waals surface area contributed by atoms with E-state index >= 15 is 0 Å². The predicted molar refractivity (Wildman–Crippen MR) is 76.4 cm³/mol. The number of hydrogen-bond acceptors (Lipinski definition) is 2. The molecule has 2 heteroatoms. The van der Waals surface area contributed by atoms with Crippen LogP contribution in [0.4, 0.5) is 0 Å². The first-order valence-electron chi connectivity index (χ1n) is 7.76. The van der Waals surface area contributed by atoms with E-state index in [1.54, 1.807) is 0 Å². The van der Waals surface area contributed by atoms with Gasteiger partial charge in [0.1, 0.15) is 0 Å². The molecule has 102 valence electrons. The molecule has 1 saturated heterocycles. The fourth-order valence-electron chi connectivity index (χ4n) is 2.93. The second-order valence-electron chi connectivity index (χ2n) is 5.52. The highest BCUT2D eigenvalue weighted by Gasteiger charge is 2.25. The van der Waals surface area contributed by atoms with Crippen molar-refractivity contribution in [1.82, 2.24) is 10.2 Å². The van der Waals surface area contributed by atoms with Crippen molar-refractivity contribution in [3.63, 3.8) is 0 Å². The van der Waals surface area contributed by atoms with Gasteiger partial charge in [0.2, 0.25) is 0 Å². The molecule has 0 bridgehead atoms. The lowest BCUT2D eigenvalue weighted by Crippen LogP contribution is -2.40. The Bertz CT molecular complexity index is 182. The summed E-state index contributed by atoms with van der Waals surface area (Å²) in [6.07, 6.45) is 8.33. The quantitative estimate of drug-likeness (QED) is 0.665. The van der Waals surface area contributed by atoms with E-state index < -0.39 is 0 Å². The minimum absolute atomic E-state index is 0.811. The maximum absolute atomic E-state index is 3.51. The Morgan fingerprint density at radius 1 is 1.29 bits per heavy atom. The highest BCUT2D eigenvalue weighted by Crippen LogP contribution is 2.21. The van der Waals surface area contributed by atoms with Crippen LogP contribution in [-0.4, -0.2) is 37.1 Å². The van der Waals surface area contributed by atoms with E-state index in [4.69, 9.17) is 0 Å². The standard InChI is InChI=1S/C15H32N2/c1-4-7-9-14(5-2)13-17-11-8-10-15(17)12-16-6-3/h14-16H,4-13H2,1-3H3. The molecule has 2 nitrogen and oxygen atoms in total. The third kappa shape index (κ3) is 5.39. The molecule has 0 amide bonds. The number of nitrogens with zero attached hydrogens (tertiary/aromatic N) is 1. The zero-order valence-corrected chi connectivity index (χ0v) is 12.2. The molecular weight excluding hydrogens is 208 g/mol. The number of likely N-dealkylation sites (N-methyl/N-ethyl adjacent to an activating group) is 1. The zero-order valence-electron chi connectivity index (χ0n) is 12.2. The van der Waals surface area contributed by atoms with E-state index in [2.05, 4.69) is 31.0 Å². The molecule has 2 atom stereocenters. The van der Waals surface area contributed by atoms with Crippen LogP contribution in [0.1, 0.15) is 59.3 Å². The van der Waals surface area contributed by atoms with Crippen molar-refractivity contribution in [3.8, 4) is 0 Å². The molecule has 1 N–H and O–H groups in total. The molecule has 0 radical (unpaired) electrons. The Kier molecular flexibility index (Phi) is 7.87. The number of rotatable bonds is 9. The average Bonchev–Trinajstić information content (AvgIpc) is 2.79. The van der Waals surface area contributed by atoms with Crippen molar-refractivity contribution in [2.24, 2.45) is 5.92 Å². The van der Waals surface area contributed by atoms with Gasteiger partial charge in [-0.1, -0.05) is 40.0 Å². The molecule has 0 aliphatic carbocycles. The van der Waals surface area contributed by atoms with Gasteiger partial charge in [-0.2, -0.15) is 0 Å². The van der Waals surface area contributed by atoms with Gasteiger partial charge in [0.25, 0.3) is 0 Å². The molecule has 1 rings (SSSR count). The van der Waals surface area contributed by atoms with Crippen LogP contribution < -0.4 is 5.32 Å². The molecule has 0 aromatic rings. The maximum atomic E-state index is 3.51. The monoisotopic (exact) mass is 240 g/mol. The summed E-state index contributed by atoms with van der Waals surface area (Å²) in [5, 5.41) is 3.51. The summed E-state index contributed by atoms with van der Waals surface area (Å²) < 4.78 is 0. The summed E-state index contributed by atoms with van der Waals surface area (Å²) in [6, 6.07) is 0.811. The molecule has 2 unspecified atom stereocenters. The van der Waals surface area contributed by atoms with Crippen LogP contribution in [0.25, 0.3) is 0 Å². The summed E-state index contributed by atoms with van der Waals surface area (Å²) in [5.74, 6) is 0.928. The molecule has 0 aromatic heterocycles. The summed E-state index contributed by atoms with van der Waals surface area (Å²) in [4.78, 5) is 2.74. The normalized spacial score (nSPS) is 23.1. The average molecular weight is 240 g/mol. The molecule has 1 fully saturated rings. The SMILES string of the molecule is CCCCC(CC)CN1CCCC1CNCC. The van der Waals surface area contributed by atoms with Crippen LogP contribution >= 0.6 is 0 Å². The predicted octanol–water partition coefficient (Wildman–Crippen LogP) is 3.28. The topological polar surface area (TPSA) is 15.3 Å². The van der Waals surface area contributed by atoms with Crippen molar-refractivity contribution < 1.29 is 0 Å². The van der Waals surface area contributed by atoms with Gasteiger partial charge in [-0.05, 0) is 38.3 Å². The van der Waals surface area contributed by atoms with Gasteiger partial charge >= 0.3 is 0 Å². The van der Waals surface area contributed by atoms with Crippen LogP contribution in [0.15, 0.2) is 0 Å². The number of hydrogen-bond donors (Lipinski definition) is 1. The van der Waals surface area contributed by atoms with Crippen LogP contribution in [0.2, 0.25) is 0 Å². The van der Waals surface area contributed by atoms with E-state index in [9.17, 15) is 0 Å². The van der Waals surface area contributed by atoms with Gasteiger partial charge in [-0.15, -0.1) is 0 Å². The zero-order chi connectivity index (χ0) is 12.5. The summed E-state index contributed by atoms with van der Waals surface area (Å²) in [5.41, 5.74) is 0. The molecule has 17 heavy (non-hydrogen) atoms.